The first-order chi connectivity index (χ1) is 9.54. The smallest absolute Gasteiger partial charge is 0.150 e. The van der Waals surface area contributed by atoms with Crippen LogP contribution in [0, 0.1) is 23.5 Å². The van der Waals surface area contributed by atoms with E-state index >= 15 is 0 Å². The summed E-state index contributed by atoms with van der Waals surface area (Å²) in [7, 11) is 0. The minimum absolute atomic E-state index is 0.0188. The number of hydrogen-bond acceptors (Lipinski definition) is 2. The summed E-state index contributed by atoms with van der Waals surface area (Å²) in [5.74, 6) is 0.0498. The molecule has 2 aliphatic carbocycles. The van der Waals surface area contributed by atoms with E-state index in [2.05, 4.69) is 0 Å². The molecule has 5 heteroatoms. The molecule has 0 spiro atoms. The summed E-state index contributed by atoms with van der Waals surface area (Å²) in [6.45, 7) is 1.49. The van der Waals surface area contributed by atoms with Gasteiger partial charge in [-0.15, -0.1) is 0 Å². The van der Waals surface area contributed by atoms with Crippen LogP contribution in [0.15, 0.2) is 12.1 Å². The molecular formula is C15H18F2N2S. The van der Waals surface area contributed by atoms with E-state index in [-0.39, 0.29) is 16.2 Å². The van der Waals surface area contributed by atoms with Crippen LogP contribution in [-0.2, 0) is 0 Å². The number of thiocarbonyl (C=S) groups is 1. The molecule has 2 saturated carbocycles. The summed E-state index contributed by atoms with van der Waals surface area (Å²) < 4.78 is 28.5. The van der Waals surface area contributed by atoms with Gasteiger partial charge in [0.25, 0.3) is 0 Å². The Hall–Kier alpha value is -1.23. The SMILES string of the molecule is NC(=S)c1cc(F)c(N(CC2CC2)CC2CC2)c(F)c1. The number of benzene rings is 1. The molecule has 3 rings (SSSR count). The van der Waals surface area contributed by atoms with Gasteiger partial charge < -0.3 is 10.6 Å². The van der Waals surface area contributed by atoms with Crippen molar-refractivity contribution in [2.75, 3.05) is 18.0 Å². The standard InChI is InChI=1S/C15H18F2N2S/c16-12-5-11(15(18)20)6-13(17)14(12)19(7-9-1-2-9)8-10-3-4-10/h5-6,9-10H,1-4,7-8H2,(H2,18,20). The number of nitrogens with zero attached hydrogens (tertiary/aromatic N) is 1. The molecule has 1 aromatic rings. The van der Waals surface area contributed by atoms with Gasteiger partial charge in [0.1, 0.15) is 22.3 Å². The van der Waals surface area contributed by atoms with Gasteiger partial charge in [0.15, 0.2) is 0 Å². The van der Waals surface area contributed by atoms with Crippen LogP contribution < -0.4 is 10.6 Å². The van der Waals surface area contributed by atoms with E-state index in [1.807, 2.05) is 4.90 Å². The van der Waals surface area contributed by atoms with Gasteiger partial charge in [-0.2, -0.15) is 0 Å². The molecule has 0 saturated heterocycles. The zero-order valence-electron chi connectivity index (χ0n) is 11.2. The first kappa shape index (κ1) is 13.7. The van der Waals surface area contributed by atoms with E-state index in [1.165, 1.54) is 12.1 Å². The lowest BCUT2D eigenvalue weighted by atomic mass is 10.1. The van der Waals surface area contributed by atoms with Gasteiger partial charge in [-0.3, -0.25) is 0 Å². The second-order valence-electron chi connectivity index (χ2n) is 5.94. The minimum Gasteiger partial charge on any atom is -0.389 e. The monoisotopic (exact) mass is 296 g/mol. The third-order valence-electron chi connectivity index (χ3n) is 3.97. The number of nitrogens with two attached hydrogens (primary N) is 1. The highest BCUT2D eigenvalue weighted by Crippen LogP contribution is 2.37. The van der Waals surface area contributed by atoms with Crippen molar-refractivity contribution in [2.24, 2.45) is 17.6 Å². The lowest BCUT2D eigenvalue weighted by molar-refractivity contribution is 0.558. The van der Waals surface area contributed by atoms with Crippen LogP contribution in [0.25, 0.3) is 0 Å². The molecule has 2 aliphatic rings. The Morgan fingerprint density at radius 2 is 1.55 bits per heavy atom. The molecule has 0 amide bonds. The number of anilines is 1. The molecule has 0 radical (unpaired) electrons. The van der Waals surface area contributed by atoms with Gasteiger partial charge in [-0.05, 0) is 49.7 Å². The first-order valence-corrected chi connectivity index (χ1v) is 7.49. The molecule has 1 aromatic carbocycles. The fourth-order valence-corrected chi connectivity index (χ4v) is 2.61. The van der Waals surface area contributed by atoms with Crippen molar-refractivity contribution in [1.29, 1.82) is 0 Å². The Labute approximate surface area is 122 Å². The van der Waals surface area contributed by atoms with E-state index < -0.39 is 11.6 Å². The Morgan fingerprint density at radius 3 is 1.90 bits per heavy atom. The molecule has 0 unspecified atom stereocenters. The van der Waals surface area contributed by atoms with E-state index in [1.54, 1.807) is 0 Å². The molecule has 2 nitrogen and oxygen atoms in total. The summed E-state index contributed by atoms with van der Waals surface area (Å²) in [5, 5.41) is 0. The second kappa shape index (κ2) is 5.28. The first-order valence-electron chi connectivity index (χ1n) is 7.08. The molecule has 0 aliphatic heterocycles. The van der Waals surface area contributed by atoms with Gasteiger partial charge in [0.05, 0.1) is 0 Å². The highest BCUT2D eigenvalue weighted by Gasteiger charge is 2.31. The van der Waals surface area contributed by atoms with Crippen molar-refractivity contribution in [1.82, 2.24) is 0 Å². The van der Waals surface area contributed by atoms with Crippen molar-refractivity contribution in [3.8, 4) is 0 Å². The number of halogens is 2. The van der Waals surface area contributed by atoms with Crippen molar-refractivity contribution in [3.05, 3.63) is 29.3 Å². The highest BCUT2D eigenvalue weighted by atomic mass is 32.1. The highest BCUT2D eigenvalue weighted by molar-refractivity contribution is 7.80. The maximum Gasteiger partial charge on any atom is 0.150 e. The molecule has 0 aromatic heterocycles. The topological polar surface area (TPSA) is 29.3 Å². The average molecular weight is 296 g/mol. The predicted molar refractivity (Wildman–Crippen MR) is 79.9 cm³/mol. The quantitative estimate of drug-likeness (QED) is 0.817. The van der Waals surface area contributed by atoms with Crippen LogP contribution >= 0.6 is 12.2 Å². The zero-order chi connectivity index (χ0) is 14.3. The van der Waals surface area contributed by atoms with E-state index in [0.29, 0.717) is 11.8 Å². The fourth-order valence-electron chi connectivity index (χ4n) is 2.49. The van der Waals surface area contributed by atoms with Crippen LogP contribution in [0.1, 0.15) is 31.2 Å². The van der Waals surface area contributed by atoms with Crippen LogP contribution in [0.5, 0.6) is 0 Å². The average Bonchev–Trinajstić information content (AvgIpc) is 3.23. The summed E-state index contributed by atoms with van der Waals surface area (Å²) in [6, 6.07) is 2.49. The second-order valence-corrected chi connectivity index (χ2v) is 6.38. The third-order valence-corrected chi connectivity index (χ3v) is 4.20. The van der Waals surface area contributed by atoms with Crippen LogP contribution in [0.4, 0.5) is 14.5 Å². The van der Waals surface area contributed by atoms with Gasteiger partial charge in [0, 0.05) is 18.7 Å². The molecule has 0 heterocycles. The van der Waals surface area contributed by atoms with E-state index in [4.69, 9.17) is 18.0 Å². The maximum atomic E-state index is 14.3. The van der Waals surface area contributed by atoms with Gasteiger partial charge >= 0.3 is 0 Å². The summed E-state index contributed by atoms with van der Waals surface area (Å²) in [6.07, 6.45) is 4.65. The minimum atomic E-state index is -0.561. The van der Waals surface area contributed by atoms with E-state index in [0.717, 1.165) is 38.8 Å². The third kappa shape index (κ3) is 3.08. The Bertz CT molecular complexity index is 502. The fraction of sp³-hybridized carbons (Fsp3) is 0.533. The van der Waals surface area contributed by atoms with Gasteiger partial charge in [-0.1, -0.05) is 12.2 Å². The Kier molecular flexibility index (Phi) is 3.63. The summed E-state index contributed by atoms with van der Waals surface area (Å²) in [4.78, 5) is 1.90. The van der Waals surface area contributed by atoms with Gasteiger partial charge in [0.2, 0.25) is 0 Å². The molecule has 0 atom stereocenters. The lowest BCUT2D eigenvalue weighted by Gasteiger charge is -2.26. The van der Waals surface area contributed by atoms with Crippen molar-refractivity contribution >= 4 is 22.9 Å². The normalized spacial score (nSPS) is 18.1. The molecule has 20 heavy (non-hydrogen) atoms. The van der Waals surface area contributed by atoms with Crippen molar-refractivity contribution < 1.29 is 8.78 Å². The largest absolute Gasteiger partial charge is 0.389 e. The molecule has 2 N–H and O–H groups in total. The lowest BCUT2D eigenvalue weighted by Crippen LogP contribution is -2.30. The van der Waals surface area contributed by atoms with Crippen molar-refractivity contribution in [2.45, 2.75) is 25.7 Å². The van der Waals surface area contributed by atoms with Crippen molar-refractivity contribution in [3.63, 3.8) is 0 Å². The summed E-state index contributed by atoms with van der Waals surface area (Å²) >= 11 is 4.78. The van der Waals surface area contributed by atoms with Gasteiger partial charge in [-0.25, -0.2) is 8.78 Å². The van der Waals surface area contributed by atoms with Crippen LogP contribution in [0.3, 0.4) is 0 Å². The molecule has 0 bridgehead atoms. The number of hydrogen-bond donors (Lipinski definition) is 1. The van der Waals surface area contributed by atoms with Crippen LogP contribution in [0.2, 0.25) is 0 Å². The maximum absolute atomic E-state index is 14.3. The molecular weight excluding hydrogens is 278 g/mol. The van der Waals surface area contributed by atoms with E-state index in [9.17, 15) is 8.78 Å². The van der Waals surface area contributed by atoms with Crippen LogP contribution in [-0.4, -0.2) is 18.1 Å². The Balaban J connectivity index is 1.89. The molecule has 108 valence electrons. The zero-order valence-corrected chi connectivity index (χ0v) is 12.1. The number of rotatable bonds is 6. The predicted octanol–water partition coefficient (Wildman–Crippen LogP) is 3.23. The molecule has 2 fully saturated rings. The Morgan fingerprint density at radius 1 is 1.10 bits per heavy atom. The summed E-state index contributed by atoms with van der Waals surface area (Å²) in [5.41, 5.74) is 5.78.